The number of ether oxygens (including phenoxy) is 2. The van der Waals surface area contributed by atoms with E-state index in [1.54, 1.807) is 13.8 Å². The highest BCUT2D eigenvalue weighted by molar-refractivity contribution is 5.79. The van der Waals surface area contributed by atoms with Crippen LogP contribution < -0.4 is 10.3 Å². The fraction of sp³-hybridized carbons (Fsp3) is 0.333. The summed E-state index contributed by atoms with van der Waals surface area (Å²) in [6.45, 7) is 9.79. The SMILES string of the molecule is CCCc1c(Cc2ccc(-c3ccccc3C#N)cc2)c(=O)nc(CC)n1-c1ccc(OC(C)(CC)C(=O)OCC)cc1. The van der Waals surface area contributed by atoms with Crippen LogP contribution in [0.3, 0.4) is 0 Å². The molecule has 0 saturated carbocycles. The molecule has 1 aromatic heterocycles. The molecule has 4 aromatic rings. The Kier molecular flexibility index (Phi) is 10.2. The van der Waals surface area contributed by atoms with Crippen molar-refractivity contribution in [1.82, 2.24) is 9.55 Å². The van der Waals surface area contributed by atoms with Gasteiger partial charge in [0.1, 0.15) is 11.6 Å². The number of carbonyl (C=O) groups is 1. The molecular formula is C36H39N3O4. The molecule has 0 aliphatic heterocycles. The van der Waals surface area contributed by atoms with E-state index in [1.165, 1.54) is 0 Å². The second-order valence-corrected chi connectivity index (χ2v) is 10.6. The van der Waals surface area contributed by atoms with E-state index in [9.17, 15) is 14.9 Å². The minimum atomic E-state index is -1.09. The lowest BCUT2D eigenvalue weighted by atomic mass is 9.96. The molecule has 3 aromatic carbocycles. The topological polar surface area (TPSA) is 94.2 Å². The average molecular weight is 578 g/mol. The third-order valence-electron chi connectivity index (χ3n) is 7.68. The minimum absolute atomic E-state index is 0.205. The van der Waals surface area contributed by atoms with Gasteiger partial charge in [-0.25, -0.2) is 4.79 Å². The van der Waals surface area contributed by atoms with Gasteiger partial charge < -0.3 is 14.0 Å². The van der Waals surface area contributed by atoms with Crippen molar-refractivity contribution in [3.63, 3.8) is 0 Å². The first-order chi connectivity index (χ1) is 20.8. The molecule has 0 saturated heterocycles. The predicted molar refractivity (Wildman–Crippen MR) is 169 cm³/mol. The summed E-state index contributed by atoms with van der Waals surface area (Å²) in [5.74, 6) is 0.861. The van der Waals surface area contributed by atoms with Crippen LogP contribution in [0.2, 0.25) is 0 Å². The first kappa shape index (κ1) is 31.2. The van der Waals surface area contributed by atoms with Gasteiger partial charge in [-0.05, 0) is 73.7 Å². The molecule has 0 N–H and O–H groups in total. The quantitative estimate of drug-likeness (QED) is 0.169. The smallest absolute Gasteiger partial charge is 0.350 e. The van der Waals surface area contributed by atoms with Crippen molar-refractivity contribution in [1.29, 1.82) is 5.26 Å². The summed E-state index contributed by atoms with van der Waals surface area (Å²) < 4.78 is 13.4. The van der Waals surface area contributed by atoms with Crippen molar-refractivity contribution < 1.29 is 14.3 Å². The van der Waals surface area contributed by atoms with Gasteiger partial charge in [0.2, 0.25) is 5.60 Å². The van der Waals surface area contributed by atoms with Crippen molar-refractivity contribution >= 4 is 5.97 Å². The van der Waals surface area contributed by atoms with Crippen LogP contribution in [0.4, 0.5) is 0 Å². The summed E-state index contributed by atoms with van der Waals surface area (Å²) in [5.41, 5.74) is 4.65. The first-order valence-corrected chi connectivity index (χ1v) is 15.0. The largest absolute Gasteiger partial charge is 0.476 e. The van der Waals surface area contributed by atoms with Gasteiger partial charge in [-0.2, -0.15) is 10.2 Å². The molecule has 1 heterocycles. The number of aryl methyl sites for hydroxylation is 1. The van der Waals surface area contributed by atoms with Crippen LogP contribution in [0, 0.1) is 11.3 Å². The fourth-order valence-electron chi connectivity index (χ4n) is 5.17. The summed E-state index contributed by atoms with van der Waals surface area (Å²) in [4.78, 5) is 30.4. The Hall–Kier alpha value is -4.70. The molecule has 0 amide bonds. The second kappa shape index (κ2) is 14.0. The lowest BCUT2D eigenvalue weighted by Crippen LogP contribution is -2.42. The molecule has 4 rings (SSSR count). The lowest BCUT2D eigenvalue weighted by Gasteiger charge is -2.27. The highest BCUT2D eigenvalue weighted by Gasteiger charge is 2.35. The zero-order valence-electron chi connectivity index (χ0n) is 25.6. The van der Waals surface area contributed by atoms with Gasteiger partial charge in [0.15, 0.2) is 0 Å². The second-order valence-electron chi connectivity index (χ2n) is 10.6. The van der Waals surface area contributed by atoms with Gasteiger partial charge >= 0.3 is 5.97 Å². The Bertz CT molecular complexity index is 1670. The van der Waals surface area contributed by atoms with Crippen LogP contribution >= 0.6 is 0 Å². The van der Waals surface area contributed by atoms with Gasteiger partial charge in [-0.1, -0.05) is 69.7 Å². The number of carbonyl (C=O) groups excluding carboxylic acids is 1. The normalized spacial score (nSPS) is 12.3. The maximum atomic E-state index is 13.4. The Balaban J connectivity index is 1.70. The maximum absolute atomic E-state index is 13.4. The molecule has 0 aliphatic carbocycles. The molecule has 43 heavy (non-hydrogen) atoms. The molecule has 0 spiro atoms. The Morgan fingerprint density at radius 3 is 2.28 bits per heavy atom. The third kappa shape index (κ3) is 6.86. The van der Waals surface area contributed by atoms with Gasteiger partial charge in [-0.15, -0.1) is 0 Å². The van der Waals surface area contributed by atoms with Gasteiger partial charge in [0.05, 0.1) is 18.2 Å². The molecular weight excluding hydrogens is 538 g/mol. The van der Waals surface area contributed by atoms with Crippen molar-refractivity contribution in [3.05, 3.63) is 111 Å². The van der Waals surface area contributed by atoms with Crippen LogP contribution in [0.15, 0.2) is 77.6 Å². The molecule has 0 bridgehead atoms. The predicted octanol–water partition coefficient (Wildman–Crippen LogP) is 6.99. The number of nitriles is 1. The zero-order chi connectivity index (χ0) is 31.0. The number of hydrogen-bond donors (Lipinski definition) is 0. The first-order valence-electron chi connectivity index (χ1n) is 15.0. The van der Waals surface area contributed by atoms with Crippen molar-refractivity contribution in [3.8, 4) is 28.6 Å². The summed E-state index contributed by atoms with van der Waals surface area (Å²) in [5, 5.41) is 9.50. The number of nitrogens with zero attached hydrogens (tertiary/aromatic N) is 3. The monoisotopic (exact) mass is 577 g/mol. The Morgan fingerprint density at radius 1 is 0.977 bits per heavy atom. The van der Waals surface area contributed by atoms with E-state index in [4.69, 9.17) is 9.47 Å². The average Bonchev–Trinajstić information content (AvgIpc) is 3.03. The molecule has 7 heteroatoms. The van der Waals surface area contributed by atoms with Crippen molar-refractivity contribution in [2.45, 2.75) is 72.3 Å². The zero-order valence-corrected chi connectivity index (χ0v) is 25.6. The number of benzene rings is 3. The van der Waals surface area contributed by atoms with Gasteiger partial charge in [0, 0.05) is 29.8 Å². The maximum Gasteiger partial charge on any atom is 0.350 e. The van der Waals surface area contributed by atoms with E-state index in [0.29, 0.717) is 48.4 Å². The van der Waals surface area contributed by atoms with Crippen LogP contribution in [0.1, 0.15) is 75.7 Å². The summed E-state index contributed by atoms with van der Waals surface area (Å²) in [7, 11) is 0. The number of hydrogen-bond acceptors (Lipinski definition) is 6. The number of rotatable bonds is 12. The van der Waals surface area contributed by atoms with Crippen LogP contribution in [0.5, 0.6) is 5.75 Å². The van der Waals surface area contributed by atoms with E-state index in [1.807, 2.05) is 86.6 Å². The van der Waals surface area contributed by atoms with Crippen molar-refractivity contribution in [2.24, 2.45) is 0 Å². The van der Waals surface area contributed by atoms with Gasteiger partial charge in [0.25, 0.3) is 5.56 Å². The molecule has 1 atom stereocenters. The van der Waals surface area contributed by atoms with E-state index in [-0.39, 0.29) is 12.2 Å². The molecule has 1 unspecified atom stereocenters. The summed E-state index contributed by atoms with van der Waals surface area (Å²) in [6.07, 6.45) is 3.07. The van der Waals surface area contributed by atoms with E-state index in [0.717, 1.165) is 34.5 Å². The molecule has 222 valence electrons. The van der Waals surface area contributed by atoms with Crippen molar-refractivity contribution in [2.75, 3.05) is 6.61 Å². The molecule has 0 radical (unpaired) electrons. The van der Waals surface area contributed by atoms with Crippen LogP contribution in [-0.2, 0) is 28.8 Å². The van der Waals surface area contributed by atoms with Crippen LogP contribution in [-0.4, -0.2) is 27.7 Å². The third-order valence-corrected chi connectivity index (χ3v) is 7.68. The Labute approximate surface area is 253 Å². The lowest BCUT2D eigenvalue weighted by molar-refractivity contribution is -0.160. The number of aromatic nitrogens is 2. The van der Waals surface area contributed by atoms with E-state index >= 15 is 0 Å². The highest BCUT2D eigenvalue weighted by Crippen LogP contribution is 2.27. The van der Waals surface area contributed by atoms with Crippen LogP contribution in [0.25, 0.3) is 16.8 Å². The minimum Gasteiger partial charge on any atom is -0.476 e. The number of esters is 1. The summed E-state index contributed by atoms with van der Waals surface area (Å²) >= 11 is 0. The fourth-order valence-corrected chi connectivity index (χ4v) is 5.17. The van der Waals surface area contributed by atoms with E-state index < -0.39 is 11.6 Å². The Morgan fingerprint density at radius 2 is 1.67 bits per heavy atom. The molecule has 0 aliphatic rings. The van der Waals surface area contributed by atoms with E-state index in [2.05, 4.69) is 22.5 Å². The molecule has 7 nitrogen and oxygen atoms in total. The molecule has 0 fully saturated rings. The van der Waals surface area contributed by atoms with Gasteiger partial charge in [-0.3, -0.25) is 4.79 Å². The highest BCUT2D eigenvalue weighted by atomic mass is 16.6. The summed E-state index contributed by atoms with van der Waals surface area (Å²) in [6, 6.07) is 25.4. The standard InChI is InChI=1S/C36H39N3O4/c1-6-12-32-31(23-25-15-17-26(18-16-25)30-14-11-10-13-27(30)24-37)34(40)38-33(7-2)39(32)28-19-21-29(22-20-28)43-36(5,8-3)35(41)42-9-4/h10-11,13-22H,6-9,12,23H2,1-5H3.